The molecular formula is C17H21N3O3. The van der Waals surface area contributed by atoms with Crippen LogP contribution in [0.3, 0.4) is 0 Å². The Morgan fingerprint density at radius 2 is 2.09 bits per heavy atom. The van der Waals surface area contributed by atoms with Crippen LogP contribution in [0.15, 0.2) is 41.3 Å². The molecule has 0 fully saturated rings. The number of aryl methyl sites for hydroxylation is 2. The first-order chi connectivity index (χ1) is 10.8. The lowest BCUT2D eigenvalue weighted by Crippen LogP contribution is -2.48. The van der Waals surface area contributed by atoms with Gasteiger partial charge >= 0.3 is 0 Å². The standard InChI is InChI=1S/C17H21N3O3/c1-12-9-14(7-8-18-12)10-19-16(22)17(3,23)11-20-13(2)5-4-6-15(20)21/h4-9,23H,10-11H2,1-3H3,(H,19,22). The summed E-state index contributed by atoms with van der Waals surface area (Å²) in [6.45, 7) is 5.22. The number of nitrogens with one attached hydrogen (secondary N) is 1. The summed E-state index contributed by atoms with van der Waals surface area (Å²) in [5.74, 6) is -0.526. The molecule has 2 N–H and O–H groups in total. The van der Waals surface area contributed by atoms with Crippen molar-refractivity contribution in [3.05, 3.63) is 63.8 Å². The van der Waals surface area contributed by atoms with Crippen LogP contribution in [0.5, 0.6) is 0 Å². The zero-order valence-corrected chi connectivity index (χ0v) is 13.5. The van der Waals surface area contributed by atoms with E-state index in [-0.39, 0.29) is 12.1 Å². The lowest BCUT2D eigenvalue weighted by atomic mass is 10.1. The summed E-state index contributed by atoms with van der Waals surface area (Å²) in [6.07, 6.45) is 1.67. The predicted octanol–water partition coefficient (Wildman–Crippen LogP) is 0.928. The zero-order valence-electron chi connectivity index (χ0n) is 13.5. The summed E-state index contributed by atoms with van der Waals surface area (Å²) in [6, 6.07) is 8.47. The maximum absolute atomic E-state index is 12.3. The number of pyridine rings is 2. The maximum Gasteiger partial charge on any atom is 0.253 e. The summed E-state index contributed by atoms with van der Waals surface area (Å²) >= 11 is 0. The molecule has 2 aromatic rings. The number of nitrogens with zero attached hydrogens (tertiary/aromatic N) is 2. The average molecular weight is 315 g/mol. The van der Waals surface area contributed by atoms with Gasteiger partial charge in [0.1, 0.15) is 0 Å². The molecule has 0 aliphatic heterocycles. The van der Waals surface area contributed by atoms with Crippen LogP contribution in [0, 0.1) is 13.8 Å². The second kappa shape index (κ2) is 6.75. The van der Waals surface area contributed by atoms with Crippen LogP contribution in [0.25, 0.3) is 0 Å². The number of hydrogen-bond donors (Lipinski definition) is 2. The smallest absolute Gasteiger partial charge is 0.253 e. The number of rotatable bonds is 5. The van der Waals surface area contributed by atoms with Crippen LogP contribution in [0.1, 0.15) is 23.9 Å². The second-order valence-corrected chi connectivity index (χ2v) is 5.85. The third-order valence-electron chi connectivity index (χ3n) is 3.64. The fourth-order valence-electron chi connectivity index (χ4n) is 2.29. The highest BCUT2D eigenvalue weighted by Gasteiger charge is 2.31. The Balaban J connectivity index is 2.07. The second-order valence-electron chi connectivity index (χ2n) is 5.85. The van der Waals surface area contributed by atoms with Crippen molar-refractivity contribution in [3.63, 3.8) is 0 Å². The first-order valence-corrected chi connectivity index (χ1v) is 7.38. The molecule has 0 bridgehead atoms. The minimum Gasteiger partial charge on any atom is -0.378 e. The van der Waals surface area contributed by atoms with Gasteiger partial charge in [-0.2, -0.15) is 0 Å². The molecule has 0 saturated carbocycles. The number of carbonyl (C=O) groups is 1. The van der Waals surface area contributed by atoms with Gasteiger partial charge in [0, 0.05) is 30.2 Å². The summed E-state index contributed by atoms with van der Waals surface area (Å²) < 4.78 is 1.39. The third kappa shape index (κ3) is 4.26. The molecular weight excluding hydrogens is 294 g/mol. The summed E-state index contributed by atoms with van der Waals surface area (Å²) in [5, 5.41) is 13.1. The van der Waals surface area contributed by atoms with E-state index in [9.17, 15) is 14.7 Å². The van der Waals surface area contributed by atoms with E-state index >= 15 is 0 Å². The van der Waals surface area contributed by atoms with Crippen molar-refractivity contribution in [3.8, 4) is 0 Å². The Kier molecular flexibility index (Phi) is 4.95. The molecule has 0 radical (unpaired) electrons. The minimum atomic E-state index is -1.68. The third-order valence-corrected chi connectivity index (χ3v) is 3.64. The van der Waals surface area contributed by atoms with E-state index in [4.69, 9.17) is 0 Å². The Bertz CT molecular complexity index is 766. The molecule has 2 aromatic heterocycles. The van der Waals surface area contributed by atoms with E-state index in [0.29, 0.717) is 12.2 Å². The Labute approximate surface area is 134 Å². The number of aromatic nitrogens is 2. The fraction of sp³-hybridized carbons (Fsp3) is 0.353. The highest BCUT2D eigenvalue weighted by molar-refractivity contribution is 5.84. The monoisotopic (exact) mass is 315 g/mol. The molecule has 1 amide bonds. The van der Waals surface area contributed by atoms with Crippen molar-refractivity contribution < 1.29 is 9.90 Å². The van der Waals surface area contributed by atoms with Crippen molar-refractivity contribution >= 4 is 5.91 Å². The minimum absolute atomic E-state index is 0.0975. The Morgan fingerprint density at radius 1 is 1.35 bits per heavy atom. The van der Waals surface area contributed by atoms with E-state index in [1.165, 1.54) is 17.6 Å². The van der Waals surface area contributed by atoms with Gasteiger partial charge in [0.2, 0.25) is 0 Å². The summed E-state index contributed by atoms with van der Waals surface area (Å²) in [4.78, 5) is 28.2. The van der Waals surface area contributed by atoms with Gasteiger partial charge in [0.05, 0.1) is 6.54 Å². The van der Waals surface area contributed by atoms with Crippen LogP contribution in [0.2, 0.25) is 0 Å². The zero-order chi connectivity index (χ0) is 17.0. The number of carbonyl (C=O) groups excluding carboxylic acids is 1. The largest absolute Gasteiger partial charge is 0.378 e. The van der Waals surface area contributed by atoms with Gasteiger partial charge in [-0.25, -0.2) is 0 Å². The lowest BCUT2D eigenvalue weighted by Gasteiger charge is -2.24. The molecule has 6 nitrogen and oxygen atoms in total. The molecule has 1 unspecified atom stereocenters. The predicted molar refractivity (Wildman–Crippen MR) is 86.9 cm³/mol. The Morgan fingerprint density at radius 3 is 2.74 bits per heavy atom. The normalized spacial score (nSPS) is 13.4. The van der Waals surface area contributed by atoms with Crippen molar-refractivity contribution in [1.29, 1.82) is 0 Å². The highest BCUT2D eigenvalue weighted by atomic mass is 16.3. The summed E-state index contributed by atoms with van der Waals surface area (Å²) in [5.41, 5.74) is 0.515. The quantitative estimate of drug-likeness (QED) is 0.859. The van der Waals surface area contributed by atoms with Gasteiger partial charge < -0.3 is 15.0 Å². The van der Waals surface area contributed by atoms with Crippen molar-refractivity contribution in [2.24, 2.45) is 0 Å². The molecule has 0 aromatic carbocycles. The molecule has 0 spiro atoms. The molecule has 23 heavy (non-hydrogen) atoms. The molecule has 2 heterocycles. The number of hydrogen-bond acceptors (Lipinski definition) is 4. The van der Waals surface area contributed by atoms with Gasteiger partial charge in [0.25, 0.3) is 11.5 Å². The Hall–Kier alpha value is -2.47. The summed E-state index contributed by atoms with van der Waals surface area (Å²) in [7, 11) is 0. The van der Waals surface area contributed by atoms with E-state index in [1.807, 2.05) is 13.0 Å². The van der Waals surface area contributed by atoms with Gasteiger partial charge in [-0.3, -0.25) is 14.6 Å². The van der Waals surface area contributed by atoms with Crippen LogP contribution in [0.4, 0.5) is 0 Å². The van der Waals surface area contributed by atoms with Crippen molar-refractivity contribution in [2.45, 2.75) is 39.5 Å². The van der Waals surface area contributed by atoms with Crippen LogP contribution in [-0.4, -0.2) is 26.2 Å². The molecule has 0 aliphatic carbocycles. The van der Waals surface area contributed by atoms with Gasteiger partial charge in [-0.05, 0) is 44.5 Å². The molecule has 6 heteroatoms. The van der Waals surface area contributed by atoms with E-state index < -0.39 is 11.5 Å². The van der Waals surface area contributed by atoms with Crippen molar-refractivity contribution in [2.75, 3.05) is 0 Å². The number of aliphatic hydroxyl groups is 1. The van der Waals surface area contributed by atoms with E-state index in [0.717, 1.165) is 11.3 Å². The first kappa shape index (κ1) is 16.9. The maximum atomic E-state index is 12.3. The average Bonchev–Trinajstić information content (AvgIpc) is 2.49. The van der Waals surface area contributed by atoms with Gasteiger partial charge in [-0.1, -0.05) is 6.07 Å². The van der Waals surface area contributed by atoms with Gasteiger partial charge in [0.15, 0.2) is 5.60 Å². The van der Waals surface area contributed by atoms with Crippen molar-refractivity contribution in [1.82, 2.24) is 14.9 Å². The topological polar surface area (TPSA) is 84.2 Å². The fourth-order valence-corrected chi connectivity index (χ4v) is 2.29. The van der Waals surface area contributed by atoms with E-state index in [2.05, 4.69) is 10.3 Å². The molecule has 122 valence electrons. The molecule has 2 rings (SSSR count). The molecule has 0 aliphatic rings. The van der Waals surface area contributed by atoms with Crippen LogP contribution in [-0.2, 0) is 17.9 Å². The molecule has 1 atom stereocenters. The molecule has 0 saturated heterocycles. The SMILES string of the molecule is Cc1cc(CNC(=O)C(C)(O)Cn2c(C)cccc2=O)ccn1. The highest BCUT2D eigenvalue weighted by Crippen LogP contribution is 2.09. The van der Waals surface area contributed by atoms with Crippen LogP contribution < -0.4 is 10.9 Å². The lowest BCUT2D eigenvalue weighted by molar-refractivity contribution is -0.139. The van der Waals surface area contributed by atoms with E-state index in [1.54, 1.807) is 31.3 Å². The first-order valence-electron chi connectivity index (χ1n) is 7.38. The van der Waals surface area contributed by atoms with Gasteiger partial charge in [-0.15, -0.1) is 0 Å². The number of amides is 1. The van der Waals surface area contributed by atoms with Crippen LogP contribution >= 0.6 is 0 Å².